The summed E-state index contributed by atoms with van der Waals surface area (Å²) in [5, 5.41) is 3.41. The Bertz CT molecular complexity index is 369. The lowest BCUT2D eigenvalue weighted by atomic mass is 10.1. The van der Waals surface area contributed by atoms with Crippen molar-refractivity contribution < 1.29 is 9.47 Å². The molecule has 0 aliphatic heterocycles. The standard InChI is InChI=1S/C12H19N3O2/c1-12(4-5-12)7-13-6-9-10(16-2)14-8-15-11(9)17-3/h8,13H,4-7H2,1-3H3. The van der Waals surface area contributed by atoms with Crippen LogP contribution in [0.4, 0.5) is 0 Å². The first-order valence-corrected chi connectivity index (χ1v) is 5.81. The Balaban J connectivity index is 2.01. The number of hydrogen-bond donors (Lipinski definition) is 1. The summed E-state index contributed by atoms with van der Waals surface area (Å²) in [6, 6.07) is 0. The number of hydrogen-bond acceptors (Lipinski definition) is 5. The summed E-state index contributed by atoms with van der Waals surface area (Å²) in [4.78, 5) is 8.17. The molecule has 1 N–H and O–H groups in total. The van der Waals surface area contributed by atoms with Crippen LogP contribution in [0.25, 0.3) is 0 Å². The van der Waals surface area contributed by atoms with Crippen molar-refractivity contribution in [3.8, 4) is 11.8 Å². The highest BCUT2D eigenvalue weighted by atomic mass is 16.5. The Kier molecular flexibility index (Phi) is 3.47. The molecule has 0 radical (unpaired) electrons. The van der Waals surface area contributed by atoms with Crippen molar-refractivity contribution >= 4 is 0 Å². The second-order valence-corrected chi connectivity index (χ2v) is 4.78. The molecule has 5 heteroatoms. The van der Waals surface area contributed by atoms with Crippen LogP contribution in [-0.4, -0.2) is 30.7 Å². The lowest BCUT2D eigenvalue weighted by Gasteiger charge is -2.13. The van der Waals surface area contributed by atoms with Crippen molar-refractivity contribution in [2.45, 2.75) is 26.3 Å². The van der Waals surface area contributed by atoms with Crippen molar-refractivity contribution in [1.82, 2.24) is 15.3 Å². The lowest BCUT2D eigenvalue weighted by molar-refractivity contribution is 0.357. The molecule has 0 bridgehead atoms. The molecule has 0 amide bonds. The fourth-order valence-electron chi connectivity index (χ4n) is 1.76. The van der Waals surface area contributed by atoms with E-state index in [1.165, 1.54) is 19.2 Å². The van der Waals surface area contributed by atoms with Crippen LogP contribution < -0.4 is 14.8 Å². The number of rotatable bonds is 6. The number of aromatic nitrogens is 2. The van der Waals surface area contributed by atoms with Crippen molar-refractivity contribution in [2.75, 3.05) is 20.8 Å². The summed E-state index contributed by atoms with van der Waals surface area (Å²) < 4.78 is 10.4. The number of ether oxygens (including phenoxy) is 2. The van der Waals surface area contributed by atoms with Gasteiger partial charge in [0.05, 0.1) is 19.8 Å². The smallest absolute Gasteiger partial charge is 0.224 e. The molecule has 1 aromatic rings. The molecular formula is C12H19N3O2. The van der Waals surface area contributed by atoms with Gasteiger partial charge in [0.2, 0.25) is 11.8 Å². The molecule has 1 aromatic heterocycles. The minimum atomic E-state index is 0.482. The molecule has 1 aliphatic rings. The monoisotopic (exact) mass is 237 g/mol. The Morgan fingerprint density at radius 3 is 2.29 bits per heavy atom. The Hall–Kier alpha value is -1.36. The zero-order chi connectivity index (χ0) is 12.3. The highest BCUT2D eigenvalue weighted by Crippen LogP contribution is 2.44. The molecule has 0 saturated heterocycles. The van der Waals surface area contributed by atoms with Gasteiger partial charge >= 0.3 is 0 Å². The van der Waals surface area contributed by atoms with E-state index in [9.17, 15) is 0 Å². The third-order valence-corrected chi connectivity index (χ3v) is 3.21. The van der Waals surface area contributed by atoms with Crippen LogP contribution in [0.3, 0.4) is 0 Å². The molecule has 5 nitrogen and oxygen atoms in total. The summed E-state index contributed by atoms with van der Waals surface area (Å²) in [7, 11) is 3.21. The highest BCUT2D eigenvalue weighted by molar-refractivity contribution is 5.34. The van der Waals surface area contributed by atoms with Gasteiger partial charge in [-0.15, -0.1) is 0 Å². The first-order valence-electron chi connectivity index (χ1n) is 5.81. The molecule has 0 atom stereocenters. The van der Waals surface area contributed by atoms with E-state index in [-0.39, 0.29) is 0 Å². The van der Waals surface area contributed by atoms with E-state index in [2.05, 4.69) is 22.2 Å². The predicted molar refractivity (Wildman–Crippen MR) is 64.2 cm³/mol. The van der Waals surface area contributed by atoms with Crippen LogP contribution in [0.15, 0.2) is 6.33 Å². The van der Waals surface area contributed by atoms with Gasteiger partial charge in [0.1, 0.15) is 6.33 Å². The first kappa shape index (κ1) is 12.1. The van der Waals surface area contributed by atoms with Gasteiger partial charge in [0.25, 0.3) is 0 Å². The van der Waals surface area contributed by atoms with Crippen molar-refractivity contribution in [1.29, 1.82) is 0 Å². The predicted octanol–water partition coefficient (Wildman–Crippen LogP) is 1.38. The summed E-state index contributed by atoms with van der Waals surface area (Å²) in [5.74, 6) is 1.15. The second-order valence-electron chi connectivity index (χ2n) is 4.78. The molecule has 94 valence electrons. The van der Waals surface area contributed by atoms with Crippen LogP contribution in [0, 0.1) is 5.41 Å². The molecule has 1 saturated carbocycles. The highest BCUT2D eigenvalue weighted by Gasteiger charge is 2.36. The molecule has 1 aliphatic carbocycles. The van der Waals surface area contributed by atoms with Gasteiger partial charge in [-0.3, -0.25) is 0 Å². The van der Waals surface area contributed by atoms with Crippen LogP contribution in [0.5, 0.6) is 11.8 Å². The number of nitrogens with one attached hydrogen (secondary N) is 1. The third kappa shape index (κ3) is 2.85. The van der Waals surface area contributed by atoms with E-state index in [0.29, 0.717) is 23.7 Å². The first-order chi connectivity index (χ1) is 8.18. The average Bonchev–Trinajstić information content (AvgIpc) is 3.07. The van der Waals surface area contributed by atoms with Crippen LogP contribution >= 0.6 is 0 Å². The van der Waals surface area contributed by atoms with E-state index < -0.39 is 0 Å². The second kappa shape index (κ2) is 4.87. The molecule has 0 unspecified atom stereocenters. The van der Waals surface area contributed by atoms with Crippen molar-refractivity contribution in [3.63, 3.8) is 0 Å². The summed E-state index contributed by atoms with van der Waals surface area (Å²) >= 11 is 0. The van der Waals surface area contributed by atoms with Gasteiger partial charge in [-0.05, 0) is 18.3 Å². The summed E-state index contributed by atoms with van der Waals surface area (Å²) in [6.07, 6.45) is 4.06. The van der Waals surface area contributed by atoms with Gasteiger partial charge < -0.3 is 14.8 Å². The van der Waals surface area contributed by atoms with Gasteiger partial charge in [-0.1, -0.05) is 6.92 Å². The van der Waals surface area contributed by atoms with Gasteiger partial charge in [-0.25, -0.2) is 9.97 Å². The molecule has 0 spiro atoms. The van der Waals surface area contributed by atoms with Crippen molar-refractivity contribution in [2.24, 2.45) is 5.41 Å². The minimum absolute atomic E-state index is 0.482. The SMILES string of the molecule is COc1ncnc(OC)c1CNCC1(C)CC1. The normalized spacial score (nSPS) is 16.6. The third-order valence-electron chi connectivity index (χ3n) is 3.21. The van der Waals surface area contributed by atoms with E-state index in [0.717, 1.165) is 12.1 Å². The topological polar surface area (TPSA) is 56.3 Å². The van der Waals surface area contributed by atoms with Gasteiger partial charge in [-0.2, -0.15) is 0 Å². The summed E-state index contributed by atoms with van der Waals surface area (Å²) in [6.45, 7) is 3.97. The molecule has 1 fully saturated rings. The van der Waals surface area contributed by atoms with Crippen LogP contribution in [0.2, 0.25) is 0 Å². The average molecular weight is 237 g/mol. The van der Waals surface area contributed by atoms with Gasteiger partial charge in [0.15, 0.2) is 0 Å². The van der Waals surface area contributed by atoms with E-state index >= 15 is 0 Å². The van der Waals surface area contributed by atoms with E-state index in [1.54, 1.807) is 14.2 Å². The minimum Gasteiger partial charge on any atom is -0.481 e. The zero-order valence-electron chi connectivity index (χ0n) is 10.6. The zero-order valence-corrected chi connectivity index (χ0v) is 10.6. The quantitative estimate of drug-likeness (QED) is 0.810. The molecule has 0 aromatic carbocycles. The summed E-state index contributed by atoms with van der Waals surface area (Å²) in [5.41, 5.74) is 1.36. The van der Waals surface area contributed by atoms with Crippen LogP contribution in [0.1, 0.15) is 25.3 Å². The number of methoxy groups -OCH3 is 2. The maximum absolute atomic E-state index is 5.22. The van der Waals surface area contributed by atoms with Gasteiger partial charge in [0, 0.05) is 13.1 Å². The van der Waals surface area contributed by atoms with E-state index in [4.69, 9.17) is 9.47 Å². The molecule has 2 rings (SSSR count). The maximum Gasteiger partial charge on any atom is 0.224 e. The molecule has 17 heavy (non-hydrogen) atoms. The van der Waals surface area contributed by atoms with E-state index in [1.807, 2.05) is 0 Å². The fraction of sp³-hybridized carbons (Fsp3) is 0.667. The molecule has 1 heterocycles. The lowest BCUT2D eigenvalue weighted by Crippen LogP contribution is -2.22. The number of nitrogens with zero attached hydrogens (tertiary/aromatic N) is 2. The fourth-order valence-corrected chi connectivity index (χ4v) is 1.76. The Morgan fingerprint density at radius 1 is 1.24 bits per heavy atom. The molecular weight excluding hydrogens is 218 g/mol. The van der Waals surface area contributed by atoms with Crippen LogP contribution in [-0.2, 0) is 6.54 Å². The Morgan fingerprint density at radius 2 is 1.82 bits per heavy atom. The maximum atomic E-state index is 5.22. The Labute approximate surface area is 102 Å². The largest absolute Gasteiger partial charge is 0.481 e. The van der Waals surface area contributed by atoms with Crippen molar-refractivity contribution in [3.05, 3.63) is 11.9 Å².